The van der Waals surface area contributed by atoms with E-state index in [0.717, 1.165) is 33.5 Å². The van der Waals surface area contributed by atoms with Gasteiger partial charge in [0.2, 0.25) is 0 Å². The lowest BCUT2D eigenvalue weighted by molar-refractivity contribution is 1.16. The SMILES string of the molecule is Br.Cc1ccn2c(-c3csc(Nc4ccc(I)cc4)n3)c(C)nc2c1. The molecule has 3 heterocycles. The molecule has 0 bridgehead atoms. The second-order valence-electron chi connectivity index (χ2n) is 5.65. The quantitative estimate of drug-likeness (QED) is 0.333. The lowest BCUT2D eigenvalue weighted by Crippen LogP contribution is -1.92. The van der Waals surface area contributed by atoms with Crippen LogP contribution in [0.3, 0.4) is 0 Å². The summed E-state index contributed by atoms with van der Waals surface area (Å²) in [6.07, 6.45) is 2.06. The van der Waals surface area contributed by atoms with Crippen molar-refractivity contribution < 1.29 is 0 Å². The summed E-state index contributed by atoms with van der Waals surface area (Å²) >= 11 is 3.90. The van der Waals surface area contributed by atoms with Gasteiger partial charge in [0.15, 0.2) is 5.13 Å². The zero-order chi connectivity index (χ0) is 16.7. The van der Waals surface area contributed by atoms with Gasteiger partial charge in [0, 0.05) is 20.8 Å². The highest BCUT2D eigenvalue weighted by Gasteiger charge is 2.14. The number of thiazole rings is 1. The van der Waals surface area contributed by atoms with Crippen molar-refractivity contribution >= 4 is 67.4 Å². The van der Waals surface area contributed by atoms with Gasteiger partial charge >= 0.3 is 0 Å². The Morgan fingerprint density at radius 2 is 1.84 bits per heavy atom. The molecule has 0 saturated heterocycles. The summed E-state index contributed by atoms with van der Waals surface area (Å²) in [5, 5.41) is 6.32. The lowest BCUT2D eigenvalue weighted by Gasteiger charge is -2.02. The van der Waals surface area contributed by atoms with E-state index in [9.17, 15) is 0 Å². The summed E-state index contributed by atoms with van der Waals surface area (Å²) in [4.78, 5) is 9.41. The van der Waals surface area contributed by atoms with Crippen LogP contribution in [0.5, 0.6) is 0 Å². The van der Waals surface area contributed by atoms with Crippen LogP contribution in [0.15, 0.2) is 48.0 Å². The number of hydrogen-bond donors (Lipinski definition) is 1. The number of fused-ring (bicyclic) bond motifs is 1. The monoisotopic (exact) mass is 526 g/mol. The Morgan fingerprint density at radius 1 is 1.08 bits per heavy atom. The summed E-state index contributed by atoms with van der Waals surface area (Å²) in [7, 11) is 0. The maximum absolute atomic E-state index is 4.75. The third-order valence-corrected chi connectivity index (χ3v) is 5.28. The molecule has 0 aliphatic carbocycles. The number of rotatable bonds is 3. The van der Waals surface area contributed by atoms with E-state index >= 15 is 0 Å². The largest absolute Gasteiger partial charge is 0.332 e. The fourth-order valence-corrected chi connectivity index (χ4v) is 3.74. The van der Waals surface area contributed by atoms with Crippen LogP contribution in [0.2, 0.25) is 0 Å². The summed E-state index contributed by atoms with van der Waals surface area (Å²) in [6, 6.07) is 12.5. The predicted octanol–water partition coefficient (Wildman–Crippen LogP) is 6.00. The van der Waals surface area contributed by atoms with Crippen molar-refractivity contribution in [3.63, 3.8) is 0 Å². The molecule has 7 heteroatoms. The van der Waals surface area contributed by atoms with Gasteiger partial charge in [-0.15, -0.1) is 28.3 Å². The van der Waals surface area contributed by atoms with E-state index in [2.05, 4.69) is 92.2 Å². The highest BCUT2D eigenvalue weighted by Crippen LogP contribution is 2.30. The second kappa shape index (κ2) is 7.43. The molecular weight excluding hydrogens is 511 g/mol. The number of pyridine rings is 1. The molecule has 0 saturated carbocycles. The Balaban J connectivity index is 0.00000182. The first-order valence-electron chi connectivity index (χ1n) is 7.54. The Kier molecular flexibility index (Phi) is 5.45. The van der Waals surface area contributed by atoms with E-state index in [0.29, 0.717) is 0 Å². The van der Waals surface area contributed by atoms with Crippen LogP contribution < -0.4 is 5.32 Å². The Morgan fingerprint density at radius 3 is 2.60 bits per heavy atom. The van der Waals surface area contributed by atoms with Gasteiger partial charge in [-0.1, -0.05) is 0 Å². The van der Waals surface area contributed by atoms with E-state index in [1.807, 2.05) is 6.92 Å². The van der Waals surface area contributed by atoms with Crippen molar-refractivity contribution in [3.05, 3.63) is 62.8 Å². The van der Waals surface area contributed by atoms with Crippen molar-refractivity contribution in [2.45, 2.75) is 13.8 Å². The first-order valence-corrected chi connectivity index (χ1v) is 9.50. The van der Waals surface area contributed by atoms with Crippen molar-refractivity contribution in [2.75, 3.05) is 5.32 Å². The molecule has 0 aliphatic heterocycles. The smallest absolute Gasteiger partial charge is 0.187 e. The molecule has 0 fully saturated rings. The van der Waals surface area contributed by atoms with Crippen LogP contribution in [0, 0.1) is 17.4 Å². The molecule has 1 aromatic carbocycles. The minimum Gasteiger partial charge on any atom is -0.332 e. The Labute approximate surface area is 174 Å². The normalized spacial score (nSPS) is 10.7. The minimum absolute atomic E-state index is 0. The molecule has 0 unspecified atom stereocenters. The third kappa shape index (κ3) is 3.73. The highest BCUT2D eigenvalue weighted by atomic mass is 127. The van der Waals surface area contributed by atoms with Crippen molar-refractivity contribution in [3.8, 4) is 11.4 Å². The van der Waals surface area contributed by atoms with E-state index < -0.39 is 0 Å². The highest BCUT2D eigenvalue weighted by molar-refractivity contribution is 14.1. The Bertz CT molecular complexity index is 1020. The fraction of sp³-hybridized carbons (Fsp3) is 0.111. The molecule has 4 nitrogen and oxygen atoms in total. The van der Waals surface area contributed by atoms with Crippen LogP contribution in [0.1, 0.15) is 11.3 Å². The molecule has 0 amide bonds. The zero-order valence-corrected chi connectivity index (χ0v) is 18.3. The molecule has 3 aromatic heterocycles. The topological polar surface area (TPSA) is 42.2 Å². The van der Waals surface area contributed by atoms with Crippen LogP contribution in [0.25, 0.3) is 17.0 Å². The zero-order valence-electron chi connectivity index (χ0n) is 13.7. The number of aryl methyl sites for hydroxylation is 2. The molecule has 25 heavy (non-hydrogen) atoms. The average molecular weight is 527 g/mol. The first kappa shape index (κ1) is 18.3. The van der Waals surface area contributed by atoms with Crippen molar-refractivity contribution in [1.29, 1.82) is 0 Å². The summed E-state index contributed by atoms with van der Waals surface area (Å²) in [5.74, 6) is 0. The van der Waals surface area contributed by atoms with Gasteiger partial charge in [-0.2, -0.15) is 0 Å². The molecular formula is C18H16BrIN4S. The van der Waals surface area contributed by atoms with Crippen LogP contribution in [-0.4, -0.2) is 14.4 Å². The number of hydrogen-bond acceptors (Lipinski definition) is 4. The first-order chi connectivity index (χ1) is 11.6. The van der Waals surface area contributed by atoms with E-state index in [1.165, 1.54) is 9.13 Å². The summed E-state index contributed by atoms with van der Waals surface area (Å²) < 4.78 is 3.32. The number of nitrogens with one attached hydrogen (secondary N) is 1. The molecule has 4 aromatic rings. The maximum Gasteiger partial charge on any atom is 0.187 e. The standard InChI is InChI=1S/C18H15IN4S.BrH/c1-11-7-8-23-16(9-11)20-12(2)17(23)15-10-24-18(22-15)21-14-5-3-13(19)4-6-14;/h3-10H,1-2H3,(H,21,22);1H. The number of nitrogens with zero attached hydrogens (tertiary/aromatic N) is 3. The molecule has 4 rings (SSSR count). The van der Waals surface area contributed by atoms with Crippen LogP contribution in [0.4, 0.5) is 10.8 Å². The van der Waals surface area contributed by atoms with Gasteiger partial charge in [0.25, 0.3) is 0 Å². The van der Waals surface area contributed by atoms with E-state index in [-0.39, 0.29) is 17.0 Å². The number of anilines is 2. The van der Waals surface area contributed by atoms with Crippen molar-refractivity contribution in [2.24, 2.45) is 0 Å². The number of aromatic nitrogens is 3. The number of halogens is 2. The lowest BCUT2D eigenvalue weighted by atomic mass is 10.2. The van der Waals surface area contributed by atoms with Gasteiger partial charge in [-0.3, -0.25) is 4.40 Å². The van der Waals surface area contributed by atoms with E-state index in [1.54, 1.807) is 11.3 Å². The number of imidazole rings is 1. The second-order valence-corrected chi connectivity index (χ2v) is 7.75. The molecule has 1 N–H and O–H groups in total. The third-order valence-electron chi connectivity index (χ3n) is 3.80. The van der Waals surface area contributed by atoms with Gasteiger partial charge in [-0.05, 0) is 78.4 Å². The minimum atomic E-state index is 0. The van der Waals surface area contributed by atoms with Crippen LogP contribution >= 0.6 is 50.9 Å². The molecule has 0 spiro atoms. The van der Waals surface area contributed by atoms with Gasteiger partial charge in [-0.25, -0.2) is 9.97 Å². The average Bonchev–Trinajstić information content (AvgIpc) is 3.12. The fourth-order valence-electron chi connectivity index (χ4n) is 2.67. The molecule has 128 valence electrons. The van der Waals surface area contributed by atoms with Crippen molar-refractivity contribution in [1.82, 2.24) is 14.4 Å². The maximum atomic E-state index is 4.75. The number of benzene rings is 1. The summed E-state index contributed by atoms with van der Waals surface area (Å²) in [5.41, 5.74) is 6.20. The molecule has 0 atom stereocenters. The van der Waals surface area contributed by atoms with Gasteiger partial charge in [0.1, 0.15) is 11.3 Å². The predicted molar refractivity (Wildman–Crippen MR) is 119 cm³/mol. The summed E-state index contributed by atoms with van der Waals surface area (Å²) in [6.45, 7) is 4.11. The van der Waals surface area contributed by atoms with Gasteiger partial charge in [0.05, 0.1) is 11.4 Å². The molecule has 0 aliphatic rings. The van der Waals surface area contributed by atoms with Crippen LogP contribution in [-0.2, 0) is 0 Å². The van der Waals surface area contributed by atoms with E-state index in [4.69, 9.17) is 4.98 Å². The van der Waals surface area contributed by atoms with Gasteiger partial charge < -0.3 is 5.32 Å². The molecule has 0 radical (unpaired) electrons. The Hall–Kier alpha value is -1.45.